The van der Waals surface area contributed by atoms with E-state index in [2.05, 4.69) is 11.2 Å². The molecule has 1 saturated heterocycles. The van der Waals surface area contributed by atoms with Crippen LogP contribution in [0.15, 0.2) is 42.5 Å². The summed E-state index contributed by atoms with van der Waals surface area (Å²) in [4.78, 5) is 26.4. The van der Waals surface area contributed by atoms with Gasteiger partial charge in [-0.25, -0.2) is 0 Å². The van der Waals surface area contributed by atoms with Crippen molar-refractivity contribution in [1.82, 2.24) is 0 Å². The zero-order valence-electron chi connectivity index (χ0n) is 15.9. The molecule has 2 aromatic rings. The van der Waals surface area contributed by atoms with Crippen LogP contribution < -0.4 is 19.7 Å². The molecule has 0 aromatic heterocycles. The number of anilines is 2. The number of hydrogen-bond donors (Lipinski definition) is 1. The van der Waals surface area contributed by atoms with E-state index >= 15 is 0 Å². The topological polar surface area (TPSA) is 67.9 Å². The Labute approximate surface area is 164 Å². The highest BCUT2D eigenvalue weighted by molar-refractivity contribution is 6.05. The molecule has 1 fully saturated rings. The zero-order valence-corrected chi connectivity index (χ0v) is 15.9. The summed E-state index contributed by atoms with van der Waals surface area (Å²) in [5.74, 6) is 3.13. The number of rotatable bonds is 6. The molecule has 6 nitrogen and oxygen atoms in total. The number of terminal acetylenes is 1. The van der Waals surface area contributed by atoms with Crippen molar-refractivity contribution in [1.29, 1.82) is 0 Å². The Bertz CT molecular complexity index is 915. The van der Waals surface area contributed by atoms with Gasteiger partial charge in [-0.2, -0.15) is 0 Å². The summed E-state index contributed by atoms with van der Waals surface area (Å²) in [6, 6.07) is 12.3. The smallest absolute Gasteiger partial charge is 0.255 e. The third-order valence-electron chi connectivity index (χ3n) is 4.63. The van der Waals surface area contributed by atoms with E-state index in [-0.39, 0.29) is 24.5 Å². The first-order valence-electron chi connectivity index (χ1n) is 9.01. The first-order chi connectivity index (χ1) is 13.5. The predicted molar refractivity (Wildman–Crippen MR) is 108 cm³/mol. The van der Waals surface area contributed by atoms with E-state index in [0.717, 1.165) is 12.1 Å². The number of amides is 2. The van der Waals surface area contributed by atoms with Gasteiger partial charge in [-0.15, -0.1) is 6.42 Å². The largest absolute Gasteiger partial charge is 0.493 e. The lowest BCUT2D eigenvalue weighted by Gasteiger charge is -2.22. The molecule has 28 heavy (non-hydrogen) atoms. The lowest BCUT2D eigenvalue weighted by Crippen LogP contribution is -2.30. The van der Waals surface area contributed by atoms with E-state index in [0.29, 0.717) is 29.2 Å². The average molecular weight is 378 g/mol. The van der Waals surface area contributed by atoms with Crippen LogP contribution in [-0.4, -0.2) is 31.6 Å². The van der Waals surface area contributed by atoms with E-state index in [9.17, 15) is 9.59 Å². The van der Waals surface area contributed by atoms with Gasteiger partial charge in [0.15, 0.2) is 11.5 Å². The SMILES string of the molecule is C#CCOc1cc(C(=O)Nc2ccc(N3C(=O)CCC3C)cc2)ccc1OC. The molecular weight excluding hydrogens is 356 g/mol. The molecule has 1 N–H and O–H groups in total. The van der Waals surface area contributed by atoms with Crippen molar-refractivity contribution >= 4 is 23.2 Å². The molecule has 2 amide bonds. The number of carbonyl (C=O) groups is 2. The van der Waals surface area contributed by atoms with Gasteiger partial charge in [0.25, 0.3) is 5.91 Å². The average Bonchev–Trinajstić information content (AvgIpc) is 3.05. The van der Waals surface area contributed by atoms with Gasteiger partial charge in [-0.05, 0) is 55.8 Å². The van der Waals surface area contributed by atoms with Crippen LogP contribution in [0, 0.1) is 12.3 Å². The van der Waals surface area contributed by atoms with Crippen LogP contribution in [0.3, 0.4) is 0 Å². The molecule has 144 valence electrons. The number of ether oxygens (including phenoxy) is 2. The van der Waals surface area contributed by atoms with Gasteiger partial charge in [0.1, 0.15) is 6.61 Å². The van der Waals surface area contributed by atoms with E-state index in [4.69, 9.17) is 15.9 Å². The number of nitrogens with one attached hydrogen (secondary N) is 1. The second-order valence-electron chi connectivity index (χ2n) is 6.51. The van der Waals surface area contributed by atoms with Crippen LogP contribution in [0.4, 0.5) is 11.4 Å². The normalized spacial score (nSPS) is 15.8. The molecule has 3 rings (SSSR count). The van der Waals surface area contributed by atoms with Crippen molar-refractivity contribution in [3.63, 3.8) is 0 Å². The summed E-state index contributed by atoms with van der Waals surface area (Å²) in [5.41, 5.74) is 1.89. The third-order valence-corrected chi connectivity index (χ3v) is 4.63. The molecule has 2 aromatic carbocycles. The van der Waals surface area contributed by atoms with Gasteiger partial charge >= 0.3 is 0 Å². The van der Waals surface area contributed by atoms with Crippen molar-refractivity contribution < 1.29 is 19.1 Å². The van der Waals surface area contributed by atoms with Crippen molar-refractivity contribution in [2.45, 2.75) is 25.8 Å². The van der Waals surface area contributed by atoms with Crippen molar-refractivity contribution in [3.8, 4) is 23.8 Å². The fraction of sp³-hybridized carbons (Fsp3) is 0.273. The fourth-order valence-electron chi connectivity index (χ4n) is 3.18. The zero-order chi connectivity index (χ0) is 20.1. The Morgan fingerprint density at radius 3 is 2.61 bits per heavy atom. The first-order valence-corrected chi connectivity index (χ1v) is 9.01. The maximum Gasteiger partial charge on any atom is 0.255 e. The lowest BCUT2D eigenvalue weighted by atomic mass is 10.1. The molecule has 0 bridgehead atoms. The molecule has 1 aliphatic heterocycles. The van der Waals surface area contributed by atoms with Crippen LogP contribution in [-0.2, 0) is 4.79 Å². The van der Waals surface area contributed by atoms with E-state index in [1.807, 2.05) is 19.1 Å². The van der Waals surface area contributed by atoms with Crippen molar-refractivity contribution in [2.24, 2.45) is 0 Å². The van der Waals surface area contributed by atoms with Crippen molar-refractivity contribution in [3.05, 3.63) is 48.0 Å². The highest BCUT2D eigenvalue weighted by Crippen LogP contribution is 2.29. The van der Waals surface area contributed by atoms with E-state index in [1.54, 1.807) is 35.2 Å². The Morgan fingerprint density at radius 1 is 1.25 bits per heavy atom. The number of methoxy groups -OCH3 is 1. The van der Waals surface area contributed by atoms with Crippen LogP contribution in [0.5, 0.6) is 11.5 Å². The van der Waals surface area contributed by atoms with Gasteiger partial charge in [0, 0.05) is 29.4 Å². The molecule has 1 heterocycles. The summed E-state index contributed by atoms with van der Waals surface area (Å²) < 4.78 is 10.6. The van der Waals surface area contributed by atoms with Crippen molar-refractivity contribution in [2.75, 3.05) is 23.9 Å². The standard InChI is InChI=1S/C22H22N2O4/c1-4-13-28-20-14-16(6-11-19(20)27-3)22(26)23-17-7-9-18(10-8-17)24-15(2)5-12-21(24)25/h1,6-11,14-15H,5,12-13H2,2-3H3,(H,23,26). The summed E-state index contributed by atoms with van der Waals surface area (Å²) in [5, 5.41) is 2.84. The van der Waals surface area contributed by atoms with E-state index in [1.165, 1.54) is 7.11 Å². The van der Waals surface area contributed by atoms with Crippen LogP contribution in [0.2, 0.25) is 0 Å². The van der Waals surface area contributed by atoms with E-state index < -0.39 is 0 Å². The highest BCUT2D eigenvalue weighted by atomic mass is 16.5. The van der Waals surface area contributed by atoms with Gasteiger partial charge in [0.2, 0.25) is 5.91 Å². The molecule has 1 unspecified atom stereocenters. The van der Waals surface area contributed by atoms with Crippen LogP contribution in [0.25, 0.3) is 0 Å². The number of hydrogen-bond acceptors (Lipinski definition) is 4. The minimum Gasteiger partial charge on any atom is -0.493 e. The molecule has 0 spiro atoms. The summed E-state index contributed by atoms with van der Waals surface area (Å²) in [6.45, 7) is 2.11. The first kappa shape index (κ1) is 19.3. The molecule has 1 aliphatic rings. The van der Waals surface area contributed by atoms with Crippen LogP contribution in [0.1, 0.15) is 30.1 Å². The molecule has 1 atom stereocenters. The quantitative estimate of drug-likeness (QED) is 0.782. The Balaban J connectivity index is 1.72. The molecule has 6 heteroatoms. The summed E-state index contributed by atoms with van der Waals surface area (Å²) in [6.07, 6.45) is 6.65. The fourth-order valence-corrected chi connectivity index (χ4v) is 3.18. The molecule has 0 saturated carbocycles. The second-order valence-corrected chi connectivity index (χ2v) is 6.51. The van der Waals surface area contributed by atoms with Gasteiger partial charge < -0.3 is 19.7 Å². The third kappa shape index (κ3) is 4.09. The molecular formula is C22H22N2O4. The monoisotopic (exact) mass is 378 g/mol. The maximum atomic E-state index is 12.6. The van der Waals surface area contributed by atoms with Gasteiger partial charge in [-0.1, -0.05) is 5.92 Å². The Morgan fingerprint density at radius 2 is 2.00 bits per heavy atom. The number of carbonyl (C=O) groups excluding carboxylic acids is 2. The predicted octanol–water partition coefficient (Wildman–Crippen LogP) is 3.47. The highest BCUT2D eigenvalue weighted by Gasteiger charge is 2.28. The van der Waals surface area contributed by atoms with Gasteiger partial charge in [0.05, 0.1) is 7.11 Å². The second kappa shape index (κ2) is 8.49. The van der Waals surface area contributed by atoms with Gasteiger partial charge in [-0.3, -0.25) is 9.59 Å². The minimum atomic E-state index is -0.286. The Hall–Kier alpha value is -3.46. The molecule has 0 radical (unpaired) electrons. The lowest BCUT2D eigenvalue weighted by molar-refractivity contribution is -0.117. The number of nitrogens with zero attached hydrogens (tertiary/aromatic N) is 1. The molecule has 0 aliphatic carbocycles. The number of benzene rings is 2. The Kier molecular flexibility index (Phi) is 5.85. The maximum absolute atomic E-state index is 12.6. The van der Waals surface area contributed by atoms with Crippen LogP contribution >= 0.6 is 0 Å². The minimum absolute atomic E-state index is 0.0799. The summed E-state index contributed by atoms with van der Waals surface area (Å²) >= 11 is 0. The summed E-state index contributed by atoms with van der Waals surface area (Å²) in [7, 11) is 1.52.